The van der Waals surface area contributed by atoms with Crippen LogP contribution in [0.15, 0.2) is 12.1 Å². The second kappa shape index (κ2) is 6.26. The van der Waals surface area contributed by atoms with Crippen LogP contribution in [0.2, 0.25) is 0 Å². The predicted octanol–water partition coefficient (Wildman–Crippen LogP) is 2.13. The van der Waals surface area contributed by atoms with Gasteiger partial charge in [-0.05, 0) is 37.0 Å². The molecule has 2 heterocycles. The van der Waals surface area contributed by atoms with E-state index in [1.807, 2.05) is 6.92 Å². The first kappa shape index (κ1) is 15.3. The van der Waals surface area contributed by atoms with Crippen molar-refractivity contribution in [3.8, 4) is 5.75 Å². The molecule has 0 radical (unpaired) electrons. The minimum Gasteiger partial charge on any atom is -0.493 e. The van der Waals surface area contributed by atoms with Crippen LogP contribution in [0, 0.1) is 6.92 Å². The normalized spacial score (nSPS) is 25.2. The molecular formula is C17H24N2O3. The molecule has 5 nitrogen and oxygen atoms in total. The van der Waals surface area contributed by atoms with Gasteiger partial charge < -0.3 is 20.5 Å². The summed E-state index contributed by atoms with van der Waals surface area (Å²) in [5, 5.41) is 3.01. The van der Waals surface area contributed by atoms with Crippen LogP contribution in [0.3, 0.4) is 0 Å². The molecule has 0 saturated carbocycles. The number of hydrogen-bond donors (Lipinski definition) is 2. The highest BCUT2D eigenvalue weighted by Crippen LogP contribution is 2.38. The summed E-state index contributed by atoms with van der Waals surface area (Å²) in [6, 6.07) is 4.03. The molecule has 0 spiro atoms. The molecule has 3 rings (SSSR count). The topological polar surface area (TPSA) is 73.6 Å². The fourth-order valence-electron chi connectivity index (χ4n) is 3.41. The molecule has 120 valence electrons. The zero-order valence-electron chi connectivity index (χ0n) is 13.2. The summed E-state index contributed by atoms with van der Waals surface area (Å²) in [6.45, 7) is 4.99. The van der Waals surface area contributed by atoms with Crippen LogP contribution in [0.1, 0.15) is 55.0 Å². The lowest BCUT2D eigenvalue weighted by atomic mass is 9.91. The summed E-state index contributed by atoms with van der Waals surface area (Å²) in [5.41, 5.74) is 9.55. The number of nitrogens with one attached hydrogen (secondary N) is 1. The molecule has 1 amide bonds. The fourth-order valence-corrected chi connectivity index (χ4v) is 3.41. The van der Waals surface area contributed by atoms with E-state index in [2.05, 4.69) is 17.4 Å². The number of benzene rings is 1. The molecule has 3 atom stereocenters. The van der Waals surface area contributed by atoms with Crippen LogP contribution in [0.25, 0.3) is 0 Å². The largest absolute Gasteiger partial charge is 0.493 e. The highest BCUT2D eigenvalue weighted by Gasteiger charge is 2.28. The summed E-state index contributed by atoms with van der Waals surface area (Å²) in [5.74, 6) is 0.859. The Morgan fingerprint density at radius 3 is 2.86 bits per heavy atom. The molecule has 0 bridgehead atoms. The van der Waals surface area contributed by atoms with E-state index >= 15 is 0 Å². The first-order valence-corrected chi connectivity index (χ1v) is 7.98. The predicted molar refractivity (Wildman–Crippen MR) is 83.8 cm³/mol. The van der Waals surface area contributed by atoms with Crippen LogP contribution < -0.4 is 15.8 Å². The van der Waals surface area contributed by atoms with Gasteiger partial charge in [0.05, 0.1) is 24.8 Å². The third kappa shape index (κ3) is 2.96. The number of nitrogens with two attached hydrogens (primary N) is 1. The highest BCUT2D eigenvalue weighted by molar-refractivity contribution is 5.73. The summed E-state index contributed by atoms with van der Waals surface area (Å²) < 4.78 is 11.5. The van der Waals surface area contributed by atoms with Crippen molar-refractivity contribution in [2.24, 2.45) is 5.73 Å². The average molecular weight is 304 g/mol. The summed E-state index contributed by atoms with van der Waals surface area (Å²) in [6.07, 6.45) is 2.94. The van der Waals surface area contributed by atoms with E-state index in [9.17, 15) is 4.79 Å². The lowest BCUT2D eigenvalue weighted by molar-refractivity contribution is -0.119. The molecule has 5 heteroatoms. The molecule has 2 aliphatic heterocycles. The van der Waals surface area contributed by atoms with Crippen LogP contribution in [-0.2, 0) is 9.53 Å². The number of aryl methyl sites for hydroxylation is 1. The molecule has 1 aromatic carbocycles. The summed E-state index contributed by atoms with van der Waals surface area (Å²) >= 11 is 0. The number of ether oxygens (including phenoxy) is 2. The van der Waals surface area contributed by atoms with Crippen LogP contribution in [0.4, 0.5) is 0 Å². The summed E-state index contributed by atoms with van der Waals surface area (Å²) in [7, 11) is 0. The van der Waals surface area contributed by atoms with Crippen molar-refractivity contribution >= 4 is 5.91 Å². The van der Waals surface area contributed by atoms with Gasteiger partial charge in [-0.25, -0.2) is 0 Å². The number of carbonyl (C=O) groups is 1. The smallest absolute Gasteiger partial charge is 0.217 e. The quantitative estimate of drug-likeness (QED) is 0.897. The van der Waals surface area contributed by atoms with Crippen molar-refractivity contribution < 1.29 is 14.3 Å². The Kier molecular flexibility index (Phi) is 4.36. The van der Waals surface area contributed by atoms with Crippen molar-refractivity contribution in [1.29, 1.82) is 0 Å². The van der Waals surface area contributed by atoms with E-state index in [0.717, 1.165) is 48.3 Å². The molecular weight excluding hydrogens is 280 g/mol. The number of amides is 1. The van der Waals surface area contributed by atoms with Crippen LogP contribution >= 0.6 is 0 Å². The Bertz CT molecular complexity index is 567. The zero-order chi connectivity index (χ0) is 15.7. The highest BCUT2D eigenvalue weighted by atomic mass is 16.5. The van der Waals surface area contributed by atoms with Crippen molar-refractivity contribution in [1.82, 2.24) is 5.32 Å². The van der Waals surface area contributed by atoms with Gasteiger partial charge in [-0.3, -0.25) is 4.79 Å². The Hall–Kier alpha value is -1.59. The molecule has 0 aliphatic carbocycles. The van der Waals surface area contributed by atoms with E-state index in [1.54, 1.807) is 6.92 Å². The lowest BCUT2D eigenvalue weighted by Gasteiger charge is -2.29. The van der Waals surface area contributed by atoms with Gasteiger partial charge in [0.25, 0.3) is 0 Å². The average Bonchev–Trinajstić information content (AvgIpc) is 3.01. The van der Waals surface area contributed by atoms with Crippen molar-refractivity contribution in [2.75, 3.05) is 13.2 Å². The van der Waals surface area contributed by atoms with Crippen LogP contribution in [0.5, 0.6) is 5.75 Å². The van der Waals surface area contributed by atoms with Crippen molar-refractivity contribution in [2.45, 2.75) is 51.3 Å². The Morgan fingerprint density at radius 2 is 2.18 bits per heavy atom. The number of hydrogen-bond acceptors (Lipinski definition) is 4. The van der Waals surface area contributed by atoms with Gasteiger partial charge in [-0.15, -0.1) is 0 Å². The Labute approximate surface area is 131 Å². The molecule has 1 saturated heterocycles. The maximum Gasteiger partial charge on any atom is 0.217 e. The standard InChI is InChI=1S/C17H24N2O3/c1-10-8-12(16(18)15-4-3-6-21-15)9-13-14(19-11(2)20)5-7-22-17(10)13/h8-9,14-16H,3-7,18H2,1-2H3,(H,19,20). The van der Waals surface area contributed by atoms with E-state index in [0.29, 0.717) is 6.61 Å². The Morgan fingerprint density at radius 1 is 1.36 bits per heavy atom. The molecule has 1 aromatic rings. The first-order chi connectivity index (χ1) is 10.6. The molecule has 2 aliphatic rings. The number of carbonyl (C=O) groups excluding carboxylic acids is 1. The number of rotatable bonds is 3. The fraction of sp³-hybridized carbons (Fsp3) is 0.588. The maximum atomic E-state index is 11.4. The van der Waals surface area contributed by atoms with E-state index in [-0.39, 0.29) is 24.1 Å². The van der Waals surface area contributed by atoms with Gasteiger partial charge in [-0.1, -0.05) is 6.07 Å². The first-order valence-electron chi connectivity index (χ1n) is 7.98. The molecule has 22 heavy (non-hydrogen) atoms. The molecule has 3 N–H and O–H groups in total. The maximum absolute atomic E-state index is 11.4. The van der Waals surface area contributed by atoms with E-state index in [1.165, 1.54) is 0 Å². The minimum atomic E-state index is -0.133. The lowest BCUT2D eigenvalue weighted by Crippen LogP contribution is -2.31. The van der Waals surface area contributed by atoms with Crippen LogP contribution in [-0.4, -0.2) is 25.2 Å². The monoisotopic (exact) mass is 304 g/mol. The van der Waals surface area contributed by atoms with Crippen molar-refractivity contribution in [3.63, 3.8) is 0 Å². The summed E-state index contributed by atoms with van der Waals surface area (Å²) in [4.78, 5) is 11.4. The second-order valence-electron chi connectivity index (χ2n) is 6.22. The SMILES string of the molecule is CC(=O)NC1CCOc2c(C)cc(C(N)C3CCCO3)cc21. The third-order valence-corrected chi connectivity index (χ3v) is 4.48. The van der Waals surface area contributed by atoms with E-state index < -0.39 is 0 Å². The molecule has 0 aromatic heterocycles. The Balaban J connectivity index is 1.93. The minimum absolute atomic E-state index is 0.00315. The van der Waals surface area contributed by atoms with Gasteiger partial charge in [0.2, 0.25) is 5.91 Å². The number of fused-ring (bicyclic) bond motifs is 1. The van der Waals surface area contributed by atoms with E-state index in [4.69, 9.17) is 15.2 Å². The van der Waals surface area contributed by atoms with Gasteiger partial charge in [0.15, 0.2) is 0 Å². The third-order valence-electron chi connectivity index (χ3n) is 4.48. The van der Waals surface area contributed by atoms with Gasteiger partial charge in [0, 0.05) is 25.5 Å². The van der Waals surface area contributed by atoms with Crippen molar-refractivity contribution in [3.05, 3.63) is 28.8 Å². The van der Waals surface area contributed by atoms with Gasteiger partial charge in [-0.2, -0.15) is 0 Å². The zero-order valence-corrected chi connectivity index (χ0v) is 13.2. The molecule has 1 fully saturated rings. The van der Waals surface area contributed by atoms with Gasteiger partial charge >= 0.3 is 0 Å². The molecule has 3 unspecified atom stereocenters. The van der Waals surface area contributed by atoms with Gasteiger partial charge in [0.1, 0.15) is 5.75 Å². The second-order valence-corrected chi connectivity index (χ2v) is 6.22.